The Labute approximate surface area is 834 Å². The summed E-state index contributed by atoms with van der Waals surface area (Å²) in [6.45, 7) is 11.9. The number of hydrogen-bond acceptors (Lipinski definition) is 29. The van der Waals surface area contributed by atoms with Crippen LogP contribution in [0, 0.1) is 34.6 Å². The molecule has 0 aliphatic carbocycles. The number of aryl methyl sites for hydroxylation is 5. The zero-order valence-electron chi connectivity index (χ0n) is 75.3. The van der Waals surface area contributed by atoms with Gasteiger partial charge in [0, 0.05) is 58.1 Å². The third kappa shape index (κ3) is 22.9. The van der Waals surface area contributed by atoms with Gasteiger partial charge >= 0.3 is 29.8 Å². The van der Waals surface area contributed by atoms with Gasteiger partial charge in [0.15, 0.2) is 34.3 Å². The number of aromatic carboxylic acids is 2. The van der Waals surface area contributed by atoms with Crippen LogP contribution >= 0.6 is 81.3 Å². The molecule has 0 saturated carbocycles. The number of ether oxygens (including phenoxy) is 3. The van der Waals surface area contributed by atoms with Crippen LogP contribution in [-0.2, 0) is 14.2 Å². The summed E-state index contributed by atoms with van der Waals surface area (Å²) in [6, 6.07) is 81.8. The van der Waals surface area contributed by atoms with Gasteiger partial charge in [0.05, 0.1) is 67.3 Å². The number of carboxylic acids is 2. The van der Waals surface area contributed by atoms with E-state index in [0.29, 0.717) is 111 Å². The number of nitrogens with zero attached hydrogens (tertiary/aromatic N) is 20. The van der Waals surface area contributed by atoms with Gasteiger partial charge in [0.2, 0.25) is 23.3 Å². The first-order chi connectivity index (χ1) is 68.2. The number of methoxy groups -OCH3 is 1. The highest BCUT2D eigenvalue weighted by Gasteiger charge is 2.30. The summed E-state index contributed by atoms with van der Waals surface area (Å²) < 4.78 is 48.6. The molecule has 0 fully saturated rings. The van der Waals surface area contributed by atoms with Gasteiger partial charge in [-0.3, -0.25) is 0 Å². The number of carboxylic acid groups (broad SMARTS) is 2. The van der Waals surface area contributed by atoms with Crippen LogP contribution in [0.3, 0.4) is 0 Å². The van der Waals surface area contributed by atoms with Crippen LogP contribution in [0.15, 0.2) is 291 Å². The second-order valence-electron chi connectivity index (χ2n) is 30.5. The Morgan fingerprint density at radius 2 is 0.596 bits per heavy atom. The minimum absolute atomic E-state index is 0.100. The lowest BCUT2D eigenvalue weighted by molar-refractivity contribution is 0.0516. The van der Waals surface area contributed by atoms with E-state index in [1.807, 2.05) is 193 Å². The number of rotatable bonds is 23. The Morgan fingerprint density at radius 3 is 0.872 bits per heavy atom. The molecule has 34 nitrogen and oxygen atoms in total. The van der Waals surface area contributed by atoms with Crippen molar-refractivity contribution in [2.45, 2.75) is 41.5 Å². The predicted octanol–water partition coefficient (Wildman–Crippen LogP) is 23.1. The molecule has 0 radical (unpaired) electrons. The lowest BCUT2D eigenvalue weighted by Crippen LogP contribution is -2.07. The molecule has 0 bridgehead atoms. The number of hydrogen-bond donors (Lipinski definition) is 2. The Morgan fingerprint density at radius 1 is 0.333 bits per heavy atom. The summed E-state index contributed by atoms with van der Waals surface area (Å²) >= 11 is 34.2. The molecule has 0 saturated heterocycles. The molecule has 41 heteroatoms. The number of thioether (sulfide) groups is 1. The van der Waals surface area contributed by atoms with Crippen molar-refractivity contribution < 1.29 is 66.5 Å². The van der Waals surface area contributed by atoms with Crippen LogP contribution in [0.25, 0.3) is 142 Å². The van der Waals surface area contributed by atoms with Crippen LogP contribution in [0.5, 0.6) is 0 Å². The topological polar surface area (TPSA) is 424 Å². The highest BCUT2D eigenvalue weighted by molar-refractivity contribution is 7.98. The van der Waals surface area contributed by atoms with Crippen molar-refractivity contribution in [3.05, 3.63) is 354 Å². The van der Waals surface area contributed by atoms with Crippen molar-refractivity contribution in [2.75, 3.05) is 25.9 Å². The van der Waals surface area contributed by atoms with E-state index in [9.17, 15) is 34.2 Å². The molecular formula is C100H75Cl5N20O14S2. The highest BCUT2D eigenvalue weighted by Crippen LogP contribution is 2.37. The Hall–Kier alpha value is -16.5. The van der Waals surface area contributed by atoms with Gasteiger partial charge in [0.1, 0.15) is 39.4 Å². The zero-order valence-corrected chi connectivity index (χ0v) is 80.8. The van der Waals surface area contributed by atoms with E-state index in [1.165, 1.54) is 65.9 Å². The first-order valence-corrected chi connectivity index (χ1v) is 46.5. The summed E-state index contributed by atoms with van der Waals surface area (Å²) in [5.74, 6) is -0.833. The maximum atomic E-state index is 12.4. The van der Waals surface area contributed by atoms with Crippen molar-refractivity contribution in [3.63, 3.8) is 0 Å². The van der Waals surface area contributed by atoms with Crippen LogP contribution in [-0.4, -0.2) is 165 Å². The zero-order chi connectivity index (χ0) is 99.1. The minimum atomic E-state index is -1.16. The molecule has 2 N–H and O–H groups in total. The predicted molar refractivity (Wildman–Crippen MR) is 531 cm³/mol. The monoisotopic (exact) mass is 2020 g/mol. The van der Waals surface area contributed by atoms with E-state index in [0.717, 1.165) is 60.6 Å². The molecule has 10 heterocycles. The van der Waals surface area contributed by atoms with E-state index in [4.69, 9.17) is 90.3 Å². The summed E-state index contributed by atoms with van der Waals surface area (Å²) in [5, 5.41) is 59.3. The van der Waals surface area contributed by atoms with E-state index in [2.05, 4.69) is 75.4 Å². The number of carbonyl (C=O) groups excluding carboxylic acids is 3. The van der Waals surface area contributed by atoms with E-state index in [1.54, 1.807) is 116 Å². The fourth-order valence-electron chi connectivity index (χ4n) is 13.9. The fourth-order valence-corrected chi connectivity index (χ4v) is 15.8. The number of benzene rings is 10. The van der Waals surface area contributed by atoms with Gasteiger partial charge in [-0.2, -0.15) is 49.8 Å². The normalized spacial score (nSPS) is 10.9. The number of esters is 3. The van der Waals surface area contributed by atoms with E-state index < -0.39 is 29.8 Å². The third-order valence-electron chi connectivity index (χ3n) is 20.4. The molecule has 0 spiro atoms. The van der Waals surface area contributed by atoms with Crippen molar-refractivity contribution in [3.8, 4) is 142 Å². The average Bonchev–Trinajstić information content (AvgIpc) is 1.66. The highest BCUT2D eigenvalue weighted by atomic mass is 35.5. The number of aromatic nitrogens is 20. The molecule has 0 unspecified atom stereocenters. The molecule has 20 aromatic rings. The Kier molecular flexibility index (Phi) is 30.7. The summed E-state index contributed by atoms with van der Waals surface area (Å²) in [4.78, 5) is 81.9. The maximum absolute atomic E-state index is 12.4. The quantitative estimate of drug-likeness (QED) is 0.0341. The molecule has 0 aliphatic rings. The molecule has 0 aliphatic heterocycles. The Balaban J connectivity index is 0.000000127. The number of para-hydroxylation sites is 5. The number of halogens is 5. The van der Waals surface area contributed by atoms with Crippen molar-refractivity contribution in [2.24, 2.45) is 0 Å². The first-order valence-electron chi connectivity index (χ1n) is 42.4. The fraction of sp³-hybridized carbons (Fsp3) is 0.100. The second kappa shape index (κ2) is 44.3. The largest absolute Gasteiger partial charge is 0.476 e. The Bertz CT molecular complexity index is 7810. The molecule has 10 aromatic heterocycles. The van der Waals surface area contributed by atoms with Gasteiger partial charge in [-0.05, 0) is 175 Å². The maximum Gasteiger partial charge on any atom is 0.359 e. The van der Waals surface area contributed by atoms with Gasteiger partial charge in [-0.1, -0.05) is 234 Å². The third-order valence-corrected chi connectivity index (χ3v) is 23.1. The molecule has 20 rings (SSSR count). The lowest BCUT2D eigenvalue weighted by Gasteiger charge is -2.06. The first kappa shape index (κ1) is 97.6. The van der Waals surface area contributed by atoms with Crippen LogP contribution < -0.4 is 0 Å². The summed E-state index contributed by atoms with van der Waals surface area (Å²) in [6.07, 6.45) is 1.84. The molecule has 10 aromatic carbocycles. The standard InChI is InChI=1S/C21H17ClN4O3S.C21H17ClN4O3.C20H15ClN4O3.C19H13ClN4O3.C19H13ClN4O2S/c1-13-6-5-7-14(10-13)20-23-19(25-29-20)18-11-16(21(27)28-12-30-2)24-26(18)17-9-4-3-8-15(17)22;1-3-28-21(27)16-12-18(26(24-16)17-10-5-4-9-15(17)22)19-23-20(29-25-19)14-8-6-7-13(2)11-14;1-12-6-5-7-13(10-12)19-22-18(24-28-19)17-11-15(20(26)27-2)23-25(17)16-9-4-3-8-14(16)21;2*1-11-5-4-6-12(9-11)18-21-17(23-27-18)16-10-14(19(25)26)22-24(16)15-8-3-2-7-13(15)20/h3-11H,12H2,1-2H3;4-12H,3H2,1-2H3;3-11H,1-2H3;2*2-10H,1H3,(H,25,26). The van der Waals surface area contributed by atoms with Crippen molar-refractivity contribution in [1.82, 2.24) is 98.8 Å². The molecule has 141 heavy (non-hydrogen) atoms. The average molecular weight is 2020 g/mol. The van der Waals surface area contributed by atoms with Crippen LogP contribution in [0.4, 0.5) is 0 Å². The van der Waals surface area contributed by atoms with Crippen molar-refractivity contribution in [1.29, 1.82) is 0 Å². The lowest BCUT2D eigenvalue weighted by atomic mass is 10.1. The van der Waals surface area contributed by atoms with Crippen molar-refractivity contribution >= 4 is 111 Å². The molecular weight excluding hydrogens is 1950 g/mol. The van der Waals surface area contributed by atoms with Gasteiger partial charge in [-0.25, -0.2) is 52.4 Å². The van der Waals surface area contributed by atoms with Crippen LogP contribution in [0.2, 0.25) is 25.1 Å². The molecule has 706 valence electrons. The SMILES string of the molecule is CCOC(=O)c1cc(-c2noc(-c3cccc(C)c3)n2)n(-c2ccccc2Cl)n1.COC(=O)c1cc(-c2noc(-c3cccc(C)c3)n2)n(-c2ccccc2Cl)n1.CSCOC(=O)c1cc(-c2noc(-c3cccc(C)c3)n2)n(-c2ccccc2Cl)n1.Cc1cccc(-c2nc(-c3cc(C(=O)O)nn3-c3ccccc3Cl)no2)c1.Cc1cccc(-c2nc(-c3cc(C(=O)O)nn3-c3ccccc3Cl)ns2)c1. The second-order valence-corrected chi connectivity index (χ2v) is 34.1. The van der Waals surface area contributed by atoms with Gasteiger partial charge in [0.25, 0.3) is 23.6 Å². The molecule has 0 amide bonds. The minimum Gasteiger partial charge on any atom is -0.476 e. The number of carbonyl (C=O) groups is 5. The summed E-state index contributed by atoms with van der Waals surface area (Å²) in [7, 11) is 1.29. The van der Waals surface area contributed by atoms with E-state index >= 15 is 0 Å². The van der Waals surface area contributed by atoms with E-state index in [-0.39, 0.29) is 64.3 Å². The van der Waals surface area contributed by atoms with Crippen LogP contribution in [0.1, 0.15) is 87.2 Å². The summed E-state index contributed by atoms with van der Waals surface area (Å²) in [5.41, 5.74) is 14.7. The van der Waals surface area contributed by atoms with Gasteiger partial charge < -0.3 is 42.5 Å². The molecule has 0 atom stereocenters. The van der Waals surface area contributed by atoms with Gasteiger partial charge in [-0.15, -0.1) is 11.8 Å². The smallest absolute Gasteiger partial charge is 0.359 e.